The molecule has 152 valence electrons. The summed E-state index contributed by atoms with van der Waals surface area (Å²) in [5, 5.41) is 5.77. The highest BCUT2D eigenvalue weighted by Gasteiger charge is 2.27. The zero-order valence-corrected chi connectivity index (χ0v) is 16.3. The molecule has 1 unspecified atom stereocenters. The van der Waals surface area contributed by atoms with Crippen LogP contribution in [-0.4, -0.2) is 37.7 Å². The number of rotatable bonds is 6. The predicted molar refractivity (Wildman–Crippen MR) is 113 cm³/mol. The molecule has 4 N–H and O–H groups in total. The van der Waals surface area contributed by atoms with Crippen LogP contribution < -0.4 is 21.3 Å². The fraction of sp³-hybridized carbons (Fsp3) is 0.364. The number of carbonyl (C=O) groups is 2. The highest BCUT2D eigenvalue weighted by molar-refractivity contribution is 6.05. The van der Waals surface area contributed by atoms with Crippen molar-refractivity contribution < 1.29 is 14.3 Å². The molecule has 1 heterocycles. The van der Waals surface area contributed by atoms with Crippen molar-refractivity contribution in [3.8, 4) is 0 Å². The smallest absolute Gasteiger partial charge is 0.407 e. The Morgan fingerprint density at radius 1 is 1.07 bits per heavy atom. The number of nitrogens with two attached hydrogens (primary N) is 1. The molecule has 7 nitrogen and oxygen atoms in total. The molecule has 2 aromatic carbocycles. The summed E-state index contributed by atoms with van der Waals surface area (Å²) < 4.78 is 5.25. The second kappa shape index (κ2) is 8.43. The van der Waals surface area contributed by atoms with E-state index in [1.807, 2.05) is 24.3 Å². The summed E-state index contributed by atoms with van der Waals surface area (Å²) in [4.78, 5) is 26.5. The second-order valence-corrected chi connectivity index (χ2v) is 7.71. The number of nitrogens with zero attached hydrogens (tertiary/aromatic N) is 1. The van der Waals surface area contributed by atoms with Gasteiger partial charge in [-0.2, -0.15) is 0 Å². The number of ether oxygens (including phenoxy) is 1. The Labute approximate surface area is 170 Å². The number of anilines is 3. The molecule has 1 aliphatic heterocycles. The van der Waals surface area contributed by atoms with E-state index >= 15 is 0 Å². The molecular formula is C22H26N4O3. The van der Waals surface area contributed by atoms with Gasteiger partial charge in [0.25, 0.3) is 5.91 Å². The monoisotopic (exact) mass is 394 g/mol. The Balaban J connectivity index is 1.29. The van der Waals surface area contributed by atoms with E-state index in [2.05, 4.69) is 15.5 Å². The number of hydrogen-bond acceptors (Lipinski definition) is 5. The molecule has 4 rings (SSSR count). The molecule has 0 aromatic heterocycles. The summed E-state index contributed by atoms with van der Waals surface area (Å²) in [6.45, 7) is 2.10. The first-order chi connectivity index (χ1) is 14.1. The van der Waals surface area contributed by atoms with Crippen molar-refractivity contribution in [1.29, 1.82) is 0 Å². The molecule has 7 heteroatoms. The van der Waals surface area contributed by atoms with Crippen molar-refractivity contribution in [1.82, 2.24) is 5.32 Å². The van der Waals surface area contributed by atoms with E-state index in [1.165, 1.54) is 0 Å². The van der Waals surface area contributed by atoms with E-state index in [4.69, 9.17) is 10.5 Å². The topological polar surface area (TPSA) is 96.7 Å². The summed E-state index contributed by atoms with van der Waals surface area (Å²) in [6, 6.07) is 14.7. The first kappa shape index (κ1) is 19.1. The van der Waals surface area contributed by atoms with Crippen LogP contribution in [0.5, 0.6) is 0 Å². The number of nitrogen functional groups attached to an aromatic ring is 1. The highest BCUT2D eigenvalue weighted by atomic mass is 16.5. The number of nitrogens with one attached hydrogen (secondary N) is 2. The molecule has 1 aliphatic carbocycles. The van der Waals surface area contributed by atoms with Crippen LogP contribution in [0.15, 0.2) is 48.5 Å². The molecule has 1 saturated carbocycles. The summed E-state index contributed by atoms with van der Waals surface area (Å²) in [5.41, 5.74) is 8.60. The molecule has 2 aliphatic rings. The standard InChI is InChI=1S/C22H26N4O3/c23-19-3-1-2-4-20(19)25-21(27)16-7-9-18(10-8-16)26-12-11-17(13-26)24-22(28)29-14-15-5-6-15/h1-4,7-10,15,17H,5-6,11-14,23H2,(H,24,28)(H,25,27). The number of para-hydroxylation sites is 2. The minimum Gasteiger partial charge on any atom is -0.449 e. The van der Waals surface area contributed by atoms with E-state index in [-0.39, 0.29) is 18.0 Å². The lowest BCUT2D eigenvalue weighted by molar-refractivity contribution is 0.102. The maximum atomic E-state index is 12.4. The fourth-order valence-electron chi connectivity index (χ4n) is 3.43. The lowest BCUT2D eigenvalue weighted by Crippen LogP contribution is -2.37. The molecule has 29 heavy (non-hydrogen) atoms. The third-order valence-electron chi connectivity index (χ3n) is 5.36. The van der Waals surface area contributed by atoms with Crippen molar-refractivity contribution >= 4 is 29.1 Å². The van der Waals surface area contributed by atoms with Crippen LogP contribution in [0.1, 0.15) is 29.6 Å². The molecule has 2 aromatic rings. The first-order valence-electron chi connectivity index (χ1n) is 10.0. The van der Waals surface area contributed by atoms with Gasteiger partial charge in [0.15, 0.2) is 0 Å². The molecule has 0 bridgehead atoms. The quantitative estimate of drug-likeness (QED) is 0.654. The second-order valence-electron chi connectivity index (χ2n) is 7.71. The van der Waals surface area contributed by atoms with Crippen LogP contribution in [0.25, 0.3) is 0 Å². The predicted octanol–water partition coefficient (Wildman–Crippen LogP) is 3.24. The number of alkyl carbamates (subject to hydrolysis) is 1. The van der Waals surface area contributed by atoms with Gasteiger partial charge in [-0.1, -0.05) is 12.1 Å². The molecule has 0 radical (unpaired) electrons. The van der Waals surface area contributed by atoms with Gasteiger partial charge in [0.1, 0.15) is 0 Å². The average molecular weight is 394 g/mol. The lowest BCUT2D eigenvalue weighted by Gasteiger charge is -2.19. The van der Waals surface area contributed by atoms with Crippen LogP contribution in [-0.2, 0) is 4.74 Å². The van der Waals surface area contributed by atoms with E-state index in [0.717, 1.165) is 38.0 Å². The number of amides is 2. The third-order valence-corrected chi connectivity index (χ3v) is 5.36. The molecular weight excluding hydrogens is 368 g/mol. The first-order valence-corrected chi connectivity index (χ1v) is 10.0. The van der Waals surface area contributed by atoms with Gasteiger partial charge in [-0.15, -0.1) is 0 Å². The Kier molecular flexibility index (Phi) is 5.55. The SMILES string of the molecule is Nc1ccccc1NC(=O)c1ccc(N2CCC(NC(=O)OCC3CC3)C2)cc1. The van der Waals surface area contributed by atoms with Gasteiger partial charge < -0.3 is 26.0 Å². The highest BCUT2D eigenvalue weighted by Crippen LogP contribution is 2.29. The number of carbonyl (C=O) groups excluding carboxylic acids is 2. The van der Waals surface area contributed by atoms with Gasteiger partial charge in [-0.25, -0.2) is 4.79 Å². The fourth-order valence-corrected chi connectivity index (χ4v) is 3.43. The molecule has 1 atom stereocenters. The normalized spacial score (nSPS) is 18.3. The molecule has 2 fully saturated rings. The lowest BCUT2D eigenvalue weighted by atomic mass is 10.1. The van der Waals surface area contributed by atoms with Gasteiger partial charge in [-0.3, -0.25) is 4.79 Å². The minimum atomic E-state index is -0.323. The Morgan fingerprint density at radius 2 is 1.83 bits per heavy atom. The summed E-state index contributed by atoms with van der Waals surface area (Å²) in [6.07, 6.45) is 2.87. The minimum absolute atomic E-state index is 0.0748. The Bertz CT molecular complexity index is 880. The Hall–Kier alpha value is -3.22. The van der Waals surface area contributed by atoms with Crippen LogP contribution >= 0.6 is 0 Å². The van der Waals surface area contributed by atoms with Crippen molar-refractivity contribution in [2.24, 2.45) is 5.92 Å². The van der Waals surface area contributed by atoms with Crippen molar-refractivity contribution in [2.45, 2.75) is 25.3 Å². The molecule has 1 saturated heterocycles. The number of hydrogen-bond donors (Lipinski definition) is 3. The van der Waals surface area contributed by atoms with Gasteiger partial charge in [0.05, 0.1) is 24.0 Å². The van der Waals surface area contributed by atoms with Crippen molar-refractivity contribution in [3.05, 3.63) is 54.1 Å². The molecule has 2 amide bonds. The maximum absolute atomic E-state index is 12.4. The van der Waals surface area contributed by atoms with Crippen LogP contribution in [0, 0.1) is 5.92 Å². The van der Waals surface area contributed by atoms with E-state index in [0.29, 0.717) is 29.5 Å². The summed E-state index contributed by atoms with van der Waals surface area (Å²) in [5.74, 6) is 0.365. The summed E-state index contributed by atoms with van der Waals surface area (Å²) in [7, 11) is 0. The van der Waals surface area contributed by atoms with Crippen molar-refractivity contribution in [3.63, 3.8) is 0 Å². The largest absolute Gasteiger partial charge is 0.449 e. The van der Waals surface area contributed by atoms with E-state index in [1.54, 1.807) is 24.3 Å². The maximum Gasteiger partial charge on any atom is 0.407 e. The Morgan fingerprint density at radius 3 is 2.55 bits per heavy atom. The zero-order chi connectivity index (χ0) is 20.2. The molecule has 0 spiro atoms. The van der Waals surface area contributed by atoms with E-state index < -0.39 is 0 Å². The number of benzene rings is 2. The van der Waals surface area contributed by atoms with Crippen LogP contribution in [0.3, 0.4) is 0 Å². The average Bonchev–Trinajstić information content (AvgIpc) is 3.45. The van der Waals surface area contributed by atoms with E-state index in [9.17, 15) is 9.59 Å². The van der Waals surface area contributed by atoms with Gasteiger partial charge in [-0.05, 0) is 61.6 Å². The third kappa shape index (κ3) is 4.99. The zero-order valence-electron chi connectivity index (χ0n) is 16.3. The summed E-state index contributed by atoms with van der Waals surface area (Å²) >= 11 is 0. The van der Waals surface area contributed by atoms with Crippen LogP contribution in [0.4, 0.5) is 21.9 Å². The van der Waals surface area contributed by atoms with Gasteiger partial charge >= 0.3 is 6.09 Å². The van der Waals surface area contributed by atoms with Crippen molar-refractivity contribution in [2.75, 3.05) is 35.6 Å². The van der Waals surface area contributed by atoms with Gasteiger partial charge in [0.2, 0.25) is 0 Å². The van der Waals surface area contributed by atoms with Crippen LogP contribution in [0.2, 0.25) is 0 Å². The van der Waals surface area contributed by atoms with Gasteiger partial charge in [0, 0.05) is 24.3 Å².